The number of carboxylic acid groups (broad SMARTS) is 1. The molecule has 56 heavy (non-hydrogen) atoms. The monoisotopic (exact) mass is 796 g/mol. The number of aliphatic hydroxyl groups excluding tert-OH is 8. The molecule has 4 saturated carbocycles. The van der Waals surface area contributed by atoms with Crippen LogP contribution >= 0.6 is 0 Å². The molecule has 0 radical (unpaired) electrons. The number of fused-ring (bicyclic) bond motifs is 7. The van der Waals surface area contributed by atoms with E-state index in [0.717, 1.165) is 32.1 Å². The lowest BCUT2D eigenvalue weighted by Crippen LogP contribution is -2.70. The lowest BCUT2D eigenvalue weighted by atomic mass is 9.31. The Morgan fingerprint density at radius 3 is 2.02 bits per heavy atom. The molecule has 14 nitrogen and oxygen atoms in total. The van der Waals surface area contributed by atoms with Gasteiger partial charge in [-0.1, -0.05) is 53.2 Å². The van der Waals surface area contributed by atoms with E-state index in [1.165, 1.54) is 5.57 Å². The minimum atomic E-state index is -1.80. The van der Waals surface area contributed by atoms with Crippen LogP contribution < -0.4 is 0 Å². The number of hydrogen-bond donors (Lipinski definition) is 9. The molecule has 14 heteroatoms. The van der Waals surface area contributed by atoms with E-state index < -0.39 is 104 Å². The molecule has 9 N–H and O–H groups in total. The van der Waals surface area contributed by atoms with Gasteiger partial charge in [-0.2, -0.15) is 0 Å². The molecule has 2 saturated heterocycles. The first-order chi connectivity index (χ1) is 26.1. The number of ether oxygens (including phenoxy) is 4. The number of aliphatic hydroxyl groups is 8. The van der Waals surface area contributed by atoms with Crippen molar-refractivity contribution in [3.05, 3.63) is 11.6 Å². The van der Waals surface area contributed by atoms with Crippen molar-refractivity contribution in [2.24, 2.45) is 56.7 Å². The molecule has 7 rings (SSSR count). The quantitative estimate of drug-likeness (QED) is 0.132. The molecule has 0 spiro atoms. The lowest BCUT2D eigenvalue weighted by molar-refractivity contribution is -0.383. The average Bonchev–Trinajstić information content (AvgIpc) is 3.14. The summed E-state index contributed by atoms with van der Waals surface area (Å²) in [5, 5.41) is 96.4. The van der Waals surface area contributed by atoms with Crippen LogP contribution in [-0.2, 0) is 23.7 Å². The summed E-state index contributed by atoms with van der Waals surface area (Å²) in [6, 6.07) is 0. The molecular weight excluding hydrogens is 728 g/mol. The van der Waals surface area contributed by atoms with Crippen LogP contribution in [0.25, 0.3) is 0 Å². The van der Waals surface area contributed by atoms with Gasteiger partial charge in [-0.25, -0.2) is 0 Å². The van der Waals surface area contributed by atoms with E-state index in [1.54, 1.807) is 0 Å². The number of carbonyl (C=O) groups is 1. The first-order valence-electron chi connectivity index (χ1n) is 21.0. The van der Waals surface area contributed by atoms with Gasteiger partial charge in [-0.15, -0.1) is 0 Å². The Bertz CT molecular complexity index is 1500. The fraction of sp³-hybridized carbons (Fsp3) is 0.929. The van der Waals surface area contributed by atoms with E-state index in [9.17, 15) is 50.8 Å². The Balaban J connectivity index is 1.16. The average molecular weight is 797 g/mol. The molecule has 21 unspecified atom stereocenters. The van der Waals surface area contributed by atoms with Crippen molar-refractivity contribution in [1.29, 1.82) is 0 Å². The van der Waals surface area contributed by atoms with Crippen molar-refractivity contribution in [1.82, 2.24) is 0 Å². The van der Waals surface area contributed by atoms with Crippen molar-refractivity contribution in [3.63, 3.8) is 0 Å². The van der Waals surface area contributed by atoms with Crippen LogP contribution in [0.15, 0.2) is 11.6 Å². The Labute approximate surface area is 330 Å². The molecule has 6 fully saturated rings. The standard InChI is InChI=1S/C42H68O14/c1-19-10-13-42(37(51)52)15-14-40(6)21(27(42)20(19)2)8-9-26-39(5)16-22(45)34(38(3,4)25(39)11-12-41(26,40)7)56-36-33(31(49)29(47)24(18-44)54-36)55-35-32(50)30(48)28(46)23(17-43)53-35/h10,20-36,43-50H,8-9,11-18H2,1-7H3,(H,51,52). The highest BCUT2D eigenvalue weighted by atomic mass is 16.8. The van der Waals surface area contributed by atoms with Crippen LogP contribution in [0.5, 0.6) is 0 Å². The zero-order valence-corrected chi connectivity index (χ0v) is 34.0. The summed E-state index contributed by atoms with van der Waals surface area (Å²) < 4.78 is 24.2. The van der Waals surface area contributed by atoms with Gasteiger partial charge in [0.05, 0.1) is 30.8 Å². The lowest BCUT2D eigenvalue weighted by Gasteiger charge is -2.73. The van der Waals surface area contributed by atoms with Crippen LogP contribution in [-0.4, -0.2) is 139 Å². The maximum absolute atomic E-state index is 13.1. The van der Waals surface area contributed by atoms with Crippen molar-refractivity contribution in [2.45, 2.75) is 173 Å². The fourth-order valence-corrected chi connectivity index (χ4v) is 14.4. The number of rotatable bonds is 7. The zero-order valence-electron chi connectivity index (χ0n) is 34.0. The second kappa shape index (κ2) is 14.7. The van der Waals surface area contributed by atoms with E-state index >= 15 is 0 Å². The molecule has 0 aromatic carbocycles. The molecule has 0 bridgehead atoms. The van der Waals surface area contributed by atoms with Gasteiger partial charge in [0.25, 0.3) is 0 Å². The smallest absolute Gasteiger partial charge is 0.310 e. The molecule has 7 aliphatic rings. The van der Waals surface area contributed by atoms with Crippen molar-refractivity contribution in [2.75, 3.05) is 13.2 Å². The van der Waals surface area contributed by atoms with Gasteiger partial charge in [-0.05, 0) is 110 Å². The van der Waals surface area contributed by atoms with Gasteiger partial charge in [-0.3, -0.25) is 4.79 Å². The van der Waals surface area contributed by atoms with Crippen LogP contribution in [0.2, 0.25) is 0 Å². The van der Waals surface area contributed by atoms with Crippen LogP contribution in [0, 0.1) is 56.7 Å². The third-order valence-corrected chi connectivity index (χ3v) is 17.7. The molecule has 2 heterocycles. The minimum absolute atomic E-state index is 0.0588. The predicted molar refractivity (Wildman–Crippen MR) is 199 cm³/mol. The second-order valence-corrected chi connectivity index (χ2v) is 20.3. The van der Waals surface area contributed by atoms with Gasteiger partial charge in [0.15, 0.2) is 12.6 Å². The van der Waals surface area contributed by atoms with Crippen LogP contribution in [0.3, 0.4) is 0 Å². The molecule has 0 aromatic heterocycles. The molecule has 0 amide bonds. The SMILES string of the molecule is CC1=CCC2(C(=O)O)CCC3(C)C(CCC4C5(C)CC(O)C(OC6OC(CO)C(O)C(O)C6OC6OC(CO)C(O)C(O)C6O)C(C)(C)C5CCC43C)C2C1C. The third kappa shape index (κ3) is 6.05. The molecule has 2 aliphatic heterocycles. The molecule has 0 aromatic rings. The van der Waals surface area contributed by atoms with Crippen molar-refractivity contribution < 1.29 is 69.7 Å². The highest BCUT2D eigenvalue weighted by Gasteiger charge is 2.72. The summed E-state index contributed by atoms with van der Waals surface area (Å²) in [6.45, 7) is 14.4. The number of hydrogen-bond acceptors (Lipinski definition) is 13. The van der Waals surface area contributed by atoms with E-state index in [4.69, 9.17) is 18.9 Å². The largest absolute Gasteiger partial charge is 0.481 e. The summed E-state index contributed by atoms with van der Waals surface area (Å²) in [4.78, 5) is 13.1. The van der Waals surface area contributed by atoms with Crippen molar-refractivity contribution in [3.8, 4) is 0 Å². The van der Waals surface area contributed by atoms with E-state index in [0.29, 0.717) is 19.3 Å². The Kier molecular flexibility index (Phi) is 11.3. The first kappa shape index (κ1) is 42.8. The van der Waals surface area contributed by atoms with Crippen LogP contribution in [0.4, 0.5) is 0 Å². The highest BCUT2D eigenvalue weighted by Crippen LogP contribution is 2.77. The van der Waals surface area contributed by atoms with E-state index in [2.05, 4.69) is 54.5 Å². The minimum Gasteiger partial charge on any atom is -0.481 e. The van der Waals surface area contributed by atoms with Gasteiger partial charge < -0.3 is 64.9 Å². The van der Waals surface area contributed by atoms with Gasteiger partial charge in [0, 0.05) is 0 Å². The summed E-state index contributed by atoms with van der Waals surface area (Å²) >= 11 is 0. The molecule has 320 valence electrons. The molecular formula is C42H68O14. The topological polar surface area (TPSA) is 236 Å². The summed E-state index contributed by atoms with van der Waals surface area (Å²) in [5.41, 5.74) is -0.619. The van der Waals surface area contributed by atoms with E-state index in [1.807, 2.05) is 0 Å². The normalized spacial score (nSPS) is 55.5. The van der Waals surface area contributed by atoms with Crippen molar-refractivity contribution >= 4 is 5.97 Å². The van der Waals surface area contributed by atoms with Gasteiger partial charge >= 0.3 is 5.97 Å². The van der Waals surface area contributed by atoms with Gasteiger partial charge in [0.2, 0.25) is 0 Å². The van der Waals surface area contributed by atoms with Gasteiger partial charge in [0.1, 0.15) is 48.8 Å². The Hall–Kier alpha value is -1.27. The maximum atomic E-state index is 13.1. The summed E-state index contributed by atoms with van der Waals surface area (Å²) in [7, 11) is 0. The maximum Gasteiger partial charge on any atom is 0.310 e. The third-order valence-electron chi connectivity index (χ3n) is 17.7. The van der Waals surface area contributed by atoms with E-state index in [-0.39, 0.29) is 45.8 Å². The Morgan fingerprint density at radius 2 is 1.39 bits per heavy atom. The Morgan fingerprint density at radius 1 is 0.768 bits per heavy atom. The summed E-state index contributed by atoms with van der Waals surface area (Å²) in [5.74, 6) is 0.173. The number of carboxylic acids is 1. The second-order valence-electron chi connectivity index (χ2n) is 20.3. The van der Waals surface area contributed by atoms with Crippen LogP contribution in [0.1, 0.15) is 99.8 Å². The first-order valence-corrected chi connectivity index (χ1v) is 21.0. The zero-order chi connectivity index (χ0) is 41.1. The molecule has 5 aliphatic carbocycles. The molecule has 21 atom stereocenters. The predicted octanol–water partition coefficient (Wildman–Crippen LogP) is 1.71. The highest BCUT2D eigenvalue weighted by molar-refractivity contribution is 5.76. The number of allylic oxidation sites excluding steroid dienone is 2. The fourth-order valence-electron chi connectivity index (χ4n) is 14.4. The number of aliphatic carboxylic acids is 1. The summed E-state index contributed by atoms with van der Waals surface area (Å²) in [6.07, 6.45) is -9.32.